The number of imide groups is 1. The molecule has 2 saturated heterocycles. The number of carbonyl (C=O) groups excluding carboxylic acids is 3. The molecule has 2 aliphatic heterocycles. The van der Waals surface area contributed by atoms with E-state index in [0.29, 0.717) is 25.8 Å². The van der Waals surface area contributed by atoms with Gasteiger partial charge in [-0.25, -0.2) is 4.79 Å². The smallest absolute Gasteiger partial charge is 0.325 e. The van der Waals surface area contributed by atoms with Crippen LogP contribution in [0.4, 0.5) is 4.79 Å². The first-order chi connectivity index (χ1) is 13.3. The van der Waals surface area contributed by atoms with Gasteiger partial charge < -0.3 is 15.3 Å². The Morgan fingerprint density at radius 3 is 2.75 bits per heavy atom. The monoisotopic (exact) mass is 385 g/mol. The molecule has 3 aliphatic rings. The fourth-order valence-corrected chi connectivity index (χ4v) is 4.70. The van der Waals surface area contributed by atoms with Gasteiger partial charge in [-0.2, -0.15) is 0 Å². The third-order valence-electron chi connectivity index (χ3n) is 6.08. The normalized spacial score (nSPS) is 29.2. The lowest BCUT2D eigenvalue weighted by atomic mass is 9.90. The number of aliphatic carboxylic acids is 1. The summed E-state index contributed by atoms with van der Waals surface area (Å²) in [5, 5.41) is 12.1. The Morgan fingerprint density at radius 1 is 1.25 bits per heavy atom. The second-order valence-corrected chi connectivity index (χ2v) is 8.06. The maximum atomic E-state index is 13.1. The van der Waals surface area contributed by atoms with Gasteiger partial charge in [-0.3, -0.25) is 19.3 Å². The second-order valence-electron chi connectivity index (χ2n) is 8.06. The van der Waals surface area contributed by atoms with E-state index in [0.717, 1.165) is 16.0 Å². The number of carboxylic acids is 1. The van der Waals surface area contributed by atoms with Gasteiger partial charge in [0.2, 0.25) is 5.91 Å². The fourth-order valence-electron chi connectivity index (χ4n) is 4.70. The highest BCUT2D eigenvalue weighted by Gasteiger charge is 2.55. The minimum Gasteiger partial charge on any atom is -0.481 e. The van der Waals surface area contributed by atoms with E-state index < -0.39 is 35.3 Å². The van der Waals surface area contributed by atoms with E-state index >= 15 is 0 Å². The lowest BCUT2D eigenvalue weighted by molar-refractivity contribution is -0.148. The van der Waals surface area contributed by atoms with E-state index in [4.69, 9.17) is 0 Å². The molecular formula is C20H23N3O5. The van der Waals surface area contributed by atoms with Crippen LogP contribution in [0.15, 0.2) is 24.3 Å². The number of likely N-dealkylation sites (tertiary alicyclic amines) is 1. The average Bonchev–Trinajstić information content (AvgIpc) is 3.15. The van der Waals surface area contributed by atoms with Gasteiger partial charge in [0.1, 0.15) is 12.1 Å². The molecule has 0 aromatic heterocycles. The Hall–Kier alpha value is -2.90. The molecule has 0 saturated carbocycles. The fraction of sp³-hybridized carbons (Fsp3) is 0.500. The van der Waals surface area contributed by atoms with E-state index in [9.17, 15) is 24.3 Å². The zero-order valence-electron chi connectivity index (χ0n) is 15.7. The highest BCUT2D eigenvalue weighted by atomic mass is 16.4. The highest BCUT2D eigenvalue weighted by Crippen LogP contribution is 2.41. The number of amides is 4. The molecule has 0 bridgehead atoms. The molecule has 28 heavy (non-hydrogen) atoms. The highest BCUT2D eigenvalue weighted by molar-refractivity contribution is 6.09. The van der Waals surface area contributed by atoms with Gasteiger partial charge in [0.05, 0.1) is 5.92 Å². The van der Waals surface area contributed by atoms with Gasteiger partial charge >= 0.3 is 12.0 Å². The number of benzene rings is 1. The summed E-state index contributed by atoms with van der Waals surface area (Å²) in [4.78, 5) is 52.2. The molecule has 1 spiro atoms. The van der Waals surface area contributed by atoms with Crippen molar-refractivity contribution >= 4 is 23.8 Å². The summed E-state index contributed by atoms with van der Waals surface area (Å²) in [7, 11) is 0. The SMILES string of the molecule is CC1CC(C(=O)O)CN(C(=O)CN2C(=O)NC3(CCc4ccccc43)C2=O)C1. The van der Waals surface area contributed by atoms with Gasteiger partial charge in [-0.05, 0) is 36.3 Å². The lowest BCUT2D eigenvalue weighted by Crippen LogP contribution is -2.50. The molecule has 4 rings (SSSR count). The van der Waals surface area contributed by atoms with Gasteiger partial charge in [0.15, 0.2) is 0 Å². The zero-order valence-corrected chi connectivity index (χ0v) is 15.7. The Labute approximate surface area is 162 Å². The number of nitrogens with one attached hydrogen (secondary N) is 1. The third-order valence-corrected chi connectivity index (χ3v) is 6.08. The maximum absolute atomic E-state index is 13.1. The number of aryl methyl sites for hydroxylation is 1. The summed E-state index contributed by atoms with van der Waals surface area (Å²) >= 11 is 0. The van der Waals surface area contributed by atoms with Gasteiger partial charge in [0.25, 0.3) is 5.91 Å². The molecule has 8 nitrogen and oxygen atoms in total. The summed E-state index contributed by atoms with van der Waals surface area (Å²) in [5.74, 6) is -2.31. The molecule has 0 radical (unpaired) electrons. The average molecular weight is 385 g/mol. The Kier molecular flexibility index (Phi) is 4.36. The first-order valence-corrected chi connectivity index (χ1v) is 9.55. The summed E-state index contributed by atoms with van der Waals surface area (Å²) < 4.78 is 0. The minimum absolute atomic E-state index is 0.0509. The summed E-state index contributed by atoms with van der Waals surface area (Å²) in [5.41, 5.74) is 0.728. The molecule has 2 heterocycles. The van der Waals surface area contributed by atoms with Crippen molar-refractivity contribution in [2.45, 2.75) is 31.7 Å². The topological polar surface area (TPSA) is 107 Å². The van der Waals surface area contributed by atoms with Crippen LogP contribution >= 0.6 is 0 Å². The van der Waals surface area contributed by atoms with Crippen molar-refractivity contribution in [3.63, 3.8) is 0 Å². The third kappa shape index (κ3) is 2.83. The summed E-state index contributed by atoms with van der Waals surface area (Å²) in [6, 6.07) is 6.94. The molecule has 1 aromatic carbocycles. The second kappa shape index (κ2) is 6.61. The molecular weight excluding hydrogens is 362 g/mol. The number of piperidine rings is 1. The number of nitrogens with zero attached hydrogens (tertiary/aromatic N) is 2. The van der Waals surface area contributed by atoms with Crippen LogP contribution in [0, 0.1) is 11.8 Å². The van der Waals surface area contributed by atoms with E-state index in [-0.39, 0.29) is 19.0 Å². The molecule has 4 amide bonds. The number of fused-ring (bicyclic) bond motifs is 2. The van der Waals surface area contributed by atoms with Crippen LogP contribution in [0.5, 0.6) is 0 Å². The molecule has 148 valence electrons. The number of carbonyl (C=O) groups is 4. The largest absolute Gasteiger partial charge is 0.481 e. The summed E-state index contributed by atoms with van der Waals surface area (Å²) in [6.45, 7) is 2.07. The zero-order chi connectivity index (χ0) is 20.1. The Bertz CT molecular complexity index is 869. The number of hydrogen-bond donors (Lipinski definition) is 2. The van der Waals surface area contributed by atoms with E-state index in [1.807, 2.05) is 31.2 Å². The molecule has 8 heteroatoms. The minimum atomic E-state index is -1.09. The van der Waals surface area contributed by atoms with Gasteiger partial charge in [0, 0.05) is 13.1 Å². The maximum Gasteiger partial charge on any atom is 0.325 e. The van der Waals surface area contributed by atoms with Crippen LogP contribution in [-0.2, 0) is 26.3 Å². The van der Waals surface area contributed by atoms with Crippen molar-refractivity contribution in [3.8, 4) is 0 Å². The lowest BCUT2D eigenvalue weighted by Gasteiger charge is -2.35. The van der Waals surface area contributed by atoms with Crippen molar-refractivity contribution in [1.82, 2.24) is 15.1 Å². The number of carboxylic acid groups (broad SMARTS) is 1. The Balaban J connectivity index is 1.51. The van der Waals surface area contributed by atoms with Crippen LogP contribution in [0.1, 0.15) is 30.9 Å². The number of rotatable bonds is 3. The molecule has 1 aliphatic carbocycles. The van der Waals surface area contributed by atoms with Gasteiger partial charge in [-0.15, -0.1) is 0 Å². The first-order valence-electron chi connectivity index (χ1n) is 9.55. The predicted molar refractivity (Wildman–Crippen MR) is 98.2 cm³/mol. The number of urea groups is 1. The summed E-state index contributed by atoms with van der Waals surface area (Å²) in [6.07, 6.45) is 1.68. The van der Waals surface area contributed by atoms with E-state index in [2.05, 4.69) is 5.32 Å². The van der Waals surface area contributed by atoms with Crippen molar-refractivity contribution in [1.29, 1.82) is 0 Å². The first kappa shape index (κ1) is 18.5. The number of hydrogen-bond acceptors (Lipinski definition) is 4. The van der Waals surface area contributed by atoms with Crippen LogP contribution in [0.2, 0.25) is 0 Å². The van der Waals surface area contributed by atoms with Crippen LogP contribution in [0.25, 0.3) is 0 Å². The van der Waals surface area contributed by atoms with E-state index in [1.54, 1.807) is 0 Å². The molecule has 3 unspecified atom stereocenters. The molecule has 2 fully saturated rings. The standard InChI is InChI=1S/C20H23N3O5/c1-12-8-14(17(25)26)10-22(9-12)16(24)11-23-18(27)20(21-19(23)28)7-6-13-4-2-3-5-15(13)20/h2-5,12,14H,6-11H2,1H3,(H,21,28)(H,25,26). The van der Waals surface area contributed by atoms with Crippen LogP contribution < -0.4 is 5.32 Å². The predicted octanol–water partition coefficient (Wildman–Crippen LogP) is 0.949. The van der Waals surface area contributed by atoms with Crippen molar-refractivity contribution in [2.24, 2.45) is 11.8 Å². The molecule has 1 aromatic rings. The van der Waals surface area contributed by atoms with Crippen LogP contribution in [-0.4, -0.2) is 58.4 Å². The van der Waals surface area contributed by atoms with E-state index in [1.165, 1.54) is 4.90 Å². The van der Waals surface area contributed by atoms with Crippen molar-refractivity contribution in [2.75, 3.05) is 19.6 Å². The van der Waals surface area contributed by atoms with Crippen molar-refractivity contribution in [3.05, 3.63) is 35.4 Å². The molecule has 3 atom stereocenters. The Morgan fingerprint density at radius 2 is 2.00 bits per heavy atom. The van der Waals surface area contributed by atoms with Crippen molar-refractivity contribution < 1.29 is 24.3 Å². The quantitative estimate of drug-likeness (QED) is 0.754. The van der Waals surface area contributed by atoms with Crippen LogP contribution in [0.3, 0.4) is 0 Å². The molecule has 2 N–H and O–H groups in total. The van der Waals surface area contributed by atoms with Gasteiger partial charge in [-0.1, -0.05) is 31.2 Å².